The minimum absolute atomic E-state index is 0.0739. The Hall–Kier alpha value is -3.70. The molecule has 0 aliphatic carbocycles. The summed E-state index contributed by atoms with van der Waals surface area (Å²) in [6.45, 7) is 4.04. The molecule has 0 aliphatic rings. The molecule has 0 saturated heterocycles. The second-order valence-corrected chi connectivity index (χ2v) is 22.5. The van der Waals surface area contributed by atoms with Gasteiger partial charge in [0.25, 0.3) is 0 Å². The largest absolute Gasteiger partial charge is 0.462 e. The number of esters is 2. The van der Waals surface area contributed by atoms with Crippen LogP contribution in [0.3, 0.4) is 0 Å². The van der Waals surface area contributed by atoms with Gasteiger partial charge in [0.05, 0.1) is 6.61 Å². The summed E-state index contributed by atoms with van der Waals surface area (Å²) in [5.41, 5.74) is 0. The first-order valence-corrected chi connectivity index (χ1v) is 34.1. The molecule has 0 amide bonds. The summed E-state index contributed by atoms with van der Waals surface area (Å²) in [4.78, 5) is 24.6. The number of hydrogen-bond donors (Lipinski definition) is 1. The van der Waals surface area contributed by atoms with Crippen LogP contribution in [0.4, 0.5) is 0 Å². The zero-order valence-corrected chi connectivity index (χ0v) is 52.6. The van der Waals surface area contributed by atoms with Crippen molar-refractivity contribution in [2.24, 2.45) is 0 Å². The monoisotopic (exact) mass is 1110 g/mol. The van der Waals surface area contributed by atoms with Gasteiger partial charge in [0.15, 0.2) is 6.10 Å². The number of carbonyl (C=O) groups is 2. The average Bonchev–Trinajstić information content (AvgIpc) is 3.46. The van der Waals surface area contributed by atoms with E-state index in [-0.39, 0.29) is 25.2 Å². The molecule has 0 aromatic heterocycles. The Labute approximate surface area is 496 Å². The van der Waals surface area contributed by atoms with Crippen LogP contribution in [-0.4, -0.2) is 36.4 Å². The Bertz CT molecular complexity index is 1590. The molecule has 0 rings (SSSR count). The van der Waals surface area contributed by atoms with Crippen LogP contribution < -0.4 is 0 Å². The highest BCUT2D eigenvalue weighted by atomic mass is 16.6. The van der Waals surface area contributed by atoms with E-state index in [9.17, 15) is 14.7 Å². The summed E-state index contributed by atoms with van der Waals surface area (Å²) < 4.78 is 10.7. The smallest absolute Gasteiger partial charge is 0.306 e. The van der Waals surface area contributed by atoms with E-state index in [1.807, 2.05) is 0 Å². The van der Waals surface area contributed by atoms with Gasteiger partial charge in [0, 0.05) is 12.8 Å². The quantitative estimate of drug-likeness (QED) is 0.0373. The van der Waals surface area contributed by atoms with Gasteiger partial charge in [-0.15, -0.1) is 0 Å². The number of aliphatic hydroxyl groups excluding tert-OH is 1. The van der Waals surface area contributed by atoms with Gasteiger partial charge in [-0.25, -0.2) is 0 Å². The molecular weight excluding hydrogens is 981 g/mol. The first kappa shape index (κ1) is 76.3. The Balaban J connectivity index is 3.53. The summed E-state index contributed by atoms with van der Waals surface area (Å²) in [6, 6.07) is 0. The van der Waals surface area contributed by atoms with Crippen LogP contribution in [0.1, 0.15) is 322 Å². The van der Waals surface area contributed by atoms with Gasteiger partial charge in [-0.05, 0) is 109 Å². The van der Waals surface area contributed by atoms with Crippen LogP contribution in [0, 0.1) is 0 Å². The molecule has 1 atom stereocenters. The lowest BCUT2D eigenvalue weighted by Gasteiger charge is -2.15. The standard InChI is InChI=1S/C75H128O5/c1-3-5-7-9-11-13-15-17-19-21-23-25-27-29-31-33-35-36-37-38-40-42-44-46-48-50-52-54-56-58-60-62-64-66-68-70-75(78)80-73(71-76)72-79-74(77)69-67-65-63-61-59-57-55-53-51-49-47-45-43-41-39-34-32-30-28-26-24-22-20-18-16-14-12-10-8-6-4-2/h5,7,11,13,17,19,22-25,29,31,35-36,38,40,44,46,50,52,73,76H,3-4,6,8-10,12,14-16,18,20-21,26-28,30,32-34,37,39,41-43,45,47-49,51,53-72H2,1-2H3/b7-5-,13-11-,19-17-,24-22-,25-23-,31-29-,36-35-,40-38-,46-44-,52-50-. The Kier molecular flexibility index (Phi) is 66.4. The molecular formula is C75H128O5. The van der Waals surface area contributed by atoms with Gasteiger partial charge >= 0.3 is 11.9 Å². The normalized spacial score (nSPS) is 13.0. The molecule has 0 aromatic rings. The van der Waals surface area contributed by atoms with E-state index in [2.05, 4.69) is 135 Å². The fourth-order valence-corrected chi connectivity index (χ4v) is 9.66. The predicted molar refractivity (Wildman–Crippen MR) is 352 cm³/mol. The van der Waals surface area contributed by atoms with Crippen molar-refractivity contribution >= 4 is 11.9 Å². The van der Waals surface area contributed by atoms with E-state index in [0.29, 0.717) is 12.8 Å². The zero-order chi connectivity index (χ0) is 57.6. The minimum Gasteiger partial charge on any atom is -0.462 e. The summed E-state index contributed by atoms with van der Waals surface area (Å²) in [6.07, 6.45) is 102. The molecule has 1 N–H and O–H groups in total. The third-order valence-electron chi connectivity index (χ3n) is 14.7. The first-order chi connectivity index (χ1) is 39.6. The third kappa shape index (κ3) is 66.8. The lowest BCUT2D eigenvalue weighted by atomic mass is 10.0. The number of rotatable bonds is 62. The number of aliphatic hydroxyl groups is 1. The Morgan fingerprint density at radius 1 is 0.300 bits per heavy atom. The molecule has 80 heavy (non-hydrogen) atoms. The van der Waals surface area contributed by atoms with Crippen LogP contribution in [0.5, 0.6) is 0 Å². The van der Waals surface area contributed by atoms with Crippen molar-refractivity contribution in [3.05, 3.63) is 122 Å². The van der Waals surface area contributed by atoms with E-state index >= 15 is 0 Å². The highest BCUT2D eigenvalue weighted by Gasteiger charge is 2.16. The number of unbranched alkanes of at least 4 members (excludes halogenated alkanes) is 34. The van der Waals surface area contributed by atoms with Crippen LogP contribution in [0.2, 0.25) is 0 Å². The Morgan fingerprint density at radius 2 is 0.537 bits per heavy atom. The SMILES string of the molecule is CC/C=C\C/C=C\C/C=C\C/C=C\C/C=C\C/C=C\C/C=C\C/C=C\C/C=C\CCCCCCCCCC(=O)OC(CO)COC(=O)CCCCCCCCCCCCCCCCCCCCC/C=C\CCCCCCCCCC. The van der Waals surface area contributed by atoms with Crippen molar-refractivity contribution in [2.45, 2.75) is 328 Å². The van der Waals surface area contributed by atoms with Crippen molar-refractivity contribution in [2.75, 3.05) is 13.2 Å². The number of carbonyl (C=O) groups excluding carboxylic acids is 2. The van der Waals surface area contributed by atoms with E-state index in [1.54, 1.807) is 0 Å². The highest BCUT2D eigenvalue weighted by molar-refractivity contribution is 5.70. The minimum atomic E-state index is -0.787. The van der Waals surface area contributed by atoms with Crippen LogP contribution in [0.15, 0.2) is 122 Å². The molecule has 458 valence electrons. The van der Waals surface area contributed by atoms with Crippen molar-refractivity contribution in [3.8, 4) is 0 Å². The molecule has 0 saturated carbocycles. The van der Waals surface area contributed by atoms with Crippen LogP contribution in [-0.2, 0) is 19.1 Å². The molecule has 5 heteroatoms. The zero-order valence-electron chi connectivity index (χ0n) is 52.6. The van der Waals surface area contributed by atoms with Gasteiger partial charge in [0.1, 0.15) is 6.61 Å². The van der Waals surface area contributed by atoms with E-state index in [4.69, 9.17) is 9.47 Å². The van der Waals surface area contributed by atoms with E-state index in [1.165, 1.54) is 193 Å². The lowest BCUT2D eigenvalue weighted by molar-refractivity contribution is -0.161. The second kappa shape index (κ2) is 69.6. The number of ether oxygens (including phenoxy) is 2. The maximum absolute atomic E-state index is 12.4. The van der Waals surface area contributed by atoms with E-state index < -0.39 is 6.10 Å². The highest BCUT2D eigenvalue weighted by Crippen LogP contribution is 2.17. The maximum Gasteiger partial charge on any atom is 0.306 e. The Morgan fingerprint density at radius 3 is 0.825 bits per heavy atom. The molecule has 0 aliphatic heterocycles. The summed E-state index contributed by atoms with van der Waals surface area (Å²) in [5, 5.41) is 9.70. The van der Waals surface area contributed by atoms with Gasteiger partial charge in [-0.1, -0.05) is 322 Å². The van der Waals surface area contributed by atoms with Crippen molar-refractivity contribution in [1.82, 2.24) is 0 Å². The van der Waals surface area contributed by atoms with Crippen molar-refractivity contribution in [1.29, 1.82) is 0 Å². The molecule has 1 unspecified atom stereocenters. The lowest BCUT2D eigenvalue weighted by Crippen LogP contribution is -2.28. The summed E-state index contributed by atoms with van der Waals surface area (Å²) in [5.74, 6) is -0.598. The van der Waals surface area contributed by atoms with Crippen molar-refractivity contribution in [3.63, 3.8) is 0 Å². The van der Waals surface area contributed by atoms with Crippen LogP contribution >= 0.6 is 0 Å². The molecule has 0 bridgehead atoms. The van der Waals surface area contributed by atoms with Gasteiger partial charge in [-0.2, -0.15) is 0 Å². The third-order valence-corrected chi connectivity index (χ3v) is 14.7. The predicted octanol–water partition coefficient (Wildman–Crippen LogP) is 23.8. The molecule has 0 aromatic carbocycles. The molecule has 0 heterocycles. The molecule has 0 fully saturated rings. The van der Waals surface area contributed by atoms with Gasteiger partial charge in [-0.3, -0.25) is 9.59 Å². The van der Waals surface area contributed by atoms with Crippen molar-refractivity contribution < 1.29 is 24.2 Å². The fraction of sp³-hybridized carbons (Fsp3) is 0.707. The van der Waals surface area contributed by atoms with E-state index in [0.717, 1.165) is 103 Å². The topological polar surface area (TPSA) is 72.8 Å². The maximum atomic E-state index is 12.4. The summed E-state index contributed by atoms with van der Waals surface area (Å²) in [7, 11) is 0. The van der Waals surface area contributed by atoms with Gasteiger partial charge in [0.2, 0.25) is 0 Å². The average molecular weight is 1110 g/mol. The first-order valence-electron chi connectivity index (χ1n) is 34.1. The summed E-state index contributed by atoms with van der Waals surface area (Å²) >= 11 is 0. The number of allylic oxidation sites excluding steroid dienone is 20. The molecule has 5 nitrogen and oxygen atoms in total. The molecule has 0 spiro atoms. The van der Waals surface area contributed by atoms with Crippen LogP contribution in [0.25, 0.3) is 0 Å². The fourth-order valence-electron chi connectivity index (χ4n) is 9.66. The molecule has 0 radical (unpaired) electrons. The van der Waals surface area contributed by atoms with Gasteiger partial charge < -0.3 is 14.6 Å². The second-order valence-electron chi connectivity index (χ2n) is 22.5. The number of hydrogen-bond acceptors (Lipinski definition) is 5.